The highest BCUT2D eigenvalue weighted by molar-refractivity contribution is 4.92. The predicted octanol–water partition coefficient (Wildman–Crippen LogP) is 1.22. The van der Waals surface area contributed by atoms with Crippen molar-refractivity contribution in [1.82, 2.24) is 15.5 Å². The monoisotopic (exact) mass is 281 g/mol. The van der Waals surface area contributed by atoms with E-state index >= 15 is 0 Å². The number of hydrogen-bond acceptors (Lipinski definition) is 4. The zero-order valence-electron chi connectivity index (χ0n) is 12.9. The van der Waals surface area contributed by atoms with Crippen LogP contribution < -0.4 is 10.6 Å². The highest BCUT2D eigenvalue weighted by atomic mass is 16.5. The second-order valence-corrected chi connectivity index (χ2v) is 6.65. The normalized spacial score (nSPS) is 34.8. The summed E-state index contributed by atoms with van der Waals surface area (Å²) in [5, 5.41) is 7.49. The molecule has 3 atom stereocenters. The van der Waals surface area contributed by atoms with Gasteiger partial charge in [-0.1, -0.05) is 13.3 Å². The Kier molecular flexibility index (Phi) is 5.32. The molecule has 1 saturated heterocycles. The van der Waals surface area contributed by atoms with E-state index in [0.717, 1.165) is 38.3 Å². The molecular formula is C16H31N3O. The third kappa shape index (κ3) is 3.73. The van der Waals surface area contributed by atoms with Gasteiger partial charge < -0.3 is 15.4 Å². The van der Waals surface area contributed by atoms with E-state index in [-0.39, 0.29) is 0 Å². The number of rotatable bonds is 7. The minimum absolute atomic E-state index is 0.578. The van der Waals surface area contributed by atoms with Crippen LogP contribution in [0.2, 0.25) is 0 Å². The molecule has 0 aromatic heterocycles. The Morgan fingerprint density at radius 3 is 2.85 bits per heavy atom. The lowest BCUT2D eigenvalue weighted by molar-refractivity contribution is 0.0523. The number of ether oxygens (including phenoxy) is 1. The van der Waals surface area contributed by atoms with Crippen molar-refractivity contribution in [2.45, 2.75) is 57.2 Å². The average molecular weight is 281 g/mol. The lowest BCUT2D eigenvalue weighted by atomic mass is 9.94. The third-order valence-electron chi connectivity index (χ3n) is 5.31. The van der Waals surface area contributed by atoms with Crippen molar-refractivity contribution in [3.63, 3.8) is 0 Å². The molecule has 3 rings (SSSR count). The van der Waals surface area contributed by atoms with Crippen molar-refractivity contribution in [3.8, 4) is 0 Å². The summed E-state index contributed by atoms with van der Waals surface area (Å²) in [6, 6.07) is 2.18. The quantitative estimate of drug-likeness (QED) is 0.736. The van der Waals surface area contributed by atoms with Crippen molar-refractivity contribution in [2.75, 3.05) is 39.4 Å². The largest absolute Gasteiger partial charge is 0.379 e. The van der Waals surface area contributed by atoms with Gasteiger partial charge in [0.25, 0.3) is 0 Å². The molecule has 2 saturated carbocycles. The molecule has 0 amide bonds. The summed E-state index contributed by atoms with van der Waals surface area (Å²) in [6.07, 6.45) is 6.92. The standard InChI is InChI=1S/C16H31N3O/c1-2-19(13-6-7-13)10-8-17-15-5-3-4-14(15)16-12-20-11-9-18-16/h13-18H,2-12H2,1H3. The molecule has 3 unspecified atom stereocenters. The Hall–Kier alpha value is -0.160. The van der Waals surface area contributed by atoms with Gasteiger partial charge in [-0.05, 0) is 38.1 Å². The molecule has 3 aliphatic rings. The first kappa shape index (κ1) is 14.8. The minimum Gasteiger partial charge on any atom is -0.379 e. The van der Waals surface area contributed by atoms with Gasteiger partial charge >= 0.3 is 0 Å². The topological polar surface area (TPSA) is 36.5 Å². The maximum atomic E-state index is 5.64. The second kappa shape index (κ2) is 7.21. The Morgan fingerprint density at radius 2 is 2.15 bits per heavy atom. The summed E-state index contributed by atoms with van der Waals surface area (Å²) in [7, 11) is 0. The molecule has 20 heavy (non-hydrogen) atoms. The average Bonchev–Trinajstić information content (AvgIpc) is 3.23. The van der Waals surface area contributed by atoms with Crippen molar-refractivity contribution >= 4 is 0 Å². The van der Waals surface area contributed by atoms with Gasteiger partial charge in [-0.2, -0.15) is 0 Å². The number of hydrogen-bond donors (Lipinski definition) is 2. The Morgan fingerprint density at radius 1 is 1.25 bits per heavy atom. The van der Waals surface area contributed by atoms with Crippen LogP contribution >= 0.6 is 0 Å². The first-order chi connectivity index (χ1) is 9.88. The molecule has 0 spiro atoms. The van der Waals surface area contributed by atoms with Gasteiger partial charge in [0, 0.05) is 37.8 Å². The van der Waals surface area contributed by atoms with Crippen LogP contribution in [0.4, 0.5) is 0 Å². The van der Waals surface area contributed by atoms with Crippen LogP contribution in [0.25, 0.3) is 0 Å². The molecule has 2 N–H and O–H groups in total. The van der Waals surface area contributed by atoms with E-state index in [2.05, 4.69) is 22.5 Å². The smallest absolute Gasteiger partial charge is 0.0623 e. The van der Waals surface area contributed by atoms with Gasteiger partial charge in [-0.3, -0.25) is 4.90 Å². The minimum atomic E-state index is 0.578. The molecule has 116 valence electrons. The molecule has 0 aromatic carbocycles. The molecule has 4 heteroatoms. The maximum absolute atomic E-state index is 5.64. The SMILES string of the molecule is CCN(CCNC1CCCC1C1COCCN1)C1CC1. The van der Waals surface area contributed by atoms with Crippen LogP contribution in [0.15, 0.2) is 0 Å². The molecule has 0 aromatic rings. The maximum Gasteiger partial charge on any atom is 0.0623 e. The van der Waals surface area contributed by atoms with E-state index in [1.807, 2.05) is 0 Å². The van der Waals surface area contributed by atoms with Crippen LogP contribution in [0, 0.1) is 5.92 Å². The van der Waals surface area contributed by atoms with Gasteiger partial charge in [-0.25, -0.2) is 0 Å². The summed E-state index contributed by atoms with van der Waals surface area (Å²) < 4.78 is 5.64. The third-order valence-corrected chi connectivity index (χ3v) is 5.31. The summed E-state index contributed by atoms with van der Waals surface area (Å²) >= 11 is 0. The molecule has 4 nitrogen and oxygen atoms in total. The van der Waals surface area contributed by atoms with Gasteiger partial charge in [-0.15, -0.1) is 0 Å². The Bertz CT molecular complexity index is 289. The van der Waals surface area contributed by atoms with E-state index in [9.17, 15) is 0 Å². The molecule has 1 heterocycles. The second-order valence-electron chi connectivity index (χ2n) is 6.65. The van der Waals surface area contributed by atoms with Crippen molar-refractivity contribution in [2.24, 2.45) is 5.92 Å². The number of nitrogens with zero attached hydrogens (tertiary/aromatic N) is 1. The highest BCUT2D eigenvalue weighted by Gasteiger charge is 2.34. The van der Waals surface area contributed by atoms with E-state index in [0.29, 0.717) is 12.1 Å². The van der Waals surface area contributed by atoms with E-state index in [1.54, 1.807) is 0 Å². The first-order valence-corrected chi connectivity index (χ1v) is 8.67. The lowest BCUT2D eigenvalue weighted by Gasteiger charge is -2.33. The summed E-state index contributed by atoms with van der Waals surface area (Å²) in [6.45, 7) is 8.69. The number of morpholine rings is 1. The fourth-order valence-corrected chi connectivity index (χ4v) is 4.02. The molecule has 1 aliphatic heterocycles. The molecule has 3 fully saturated rings. The fourth-order valence-electron chi connectivity index (χ4n) is 4.02. The number of likely N-dealkylation sites (N-methyl/N-ethyl adjacent to an activating group) is 1. The van der Waals surface area contributed by atoms with Crippen LogP contribution in [-0.2, 0) is 4.74 Å². The van der Waals surface area contributed by atoms with Crippen molar-refractivity contribution in [1.29, 1.82) is 0 Å². The van der Waals surface area contributed by atoms with E-state index in [4.69, 9.17) is 4.74 Å². The highest BCUT2D eigenvalue weighted by Crippen LogP contribution is 2.30. The molecule has 0 radical (unpaired) electrons. The van der Waals surface area contributed by atoms with Gasteiger partial charge in [0.05, 0.1) is 13.2 Å². The molecule has 2 aliphatic carbocycles. The zero-order chi connectivity index (χ0) is 13.8. The van der Waals surface area contributed by atoms with Crippen LogP contribution in [0.1, 0.15) is 39.0 Å². The van der Waals surface area contributed by atoms with Gasteiger partial charge in [0.15, 0.2) is 0 Å². The predicted molar refractivity (Wildman–Crippen MR) is 82.0 cm³/mol. The van der Waals surface area contributed by atoms with Gasteiger partial charge in [0.2, 0.25) is 0 Å². The first-order valence-electron chi connectivity index (χ1n) is 8.67. The van der Waals surface area contributed by atoms with Crippen LogP contribution in [0.5, 0.6) is 0 Å². The van der Waals surface area contributed by atoms with Crippen molar-refractivity contribution < 1.29 is 4.74 Å². The van der Waals surface area contributed by atoms with E-state index in [1.165, 1.54) is 45.2 Å². The molecular weight excluding hydrogens is 250 g/mol. The summed E-state index contributed by atoms with van der Waals surface area (Å²) in [5.74, 6) is 0.770. The van der Waals surface area contributed by atoms with Gasteiger partial charge in [0.1, 0.15) is 0 Å². The summed E-state index contributed by atoms with van der Waals surface area (Å²) in [4.78, 5) is 2.64. The van der Waals surface area contributed by atoms with E-state index < -0.39 is 0 Å². The molecule has 0 bridgehead atoms. The Balaban J connectivity index is 1.41. The fraction of sp³-hybridized carbons (Fsp3) is 1.00. The van der Waals surface area contributed by atoms with Crippen LogP contribution in [-0.4, -0.2) is 62.4 Å². The number of nitrogens with one attached hydrogen (secondary N) is 2. The lowest BCUT2D eigenvalue weighted by Crippen LogP contribution is -2.51. The summed E-state index contributed by atoms with van der Waals surface area (Å²) in [5.41, 5.74) is 0. The zero-order valence-corrected chi connectivity index (χ0v) is 12.9. The van der Waals surface area contributed by atoms with Crippen molar-refractivity contribution in [3.05, 3.63) is 0 Å². The Labute approximate surface area is 123 Å². The van der Waals surface area contributed by atoms with Crippen LogP contribution in [0.3, 0.4) is 0 Å².